The lowest BCUT2D eigenvalue weighted by atomic mass is 10.2. The number of nitrogens with two attached hydrogens (primary N) is 1. The minimum Gasteiger partial charge on any atom is -0.489 e. The van der Waals surface area contributed by atoms with Gasteiger partial charge in [0.25, 0.3) is 0 Å². The number of ether oxygens (including phenoxy) is 1. The number of hydrogen-bond acceptors (Lipinski definition) is 2. The Hall–Kier alpha value is -1.74. The maximum Gasteiger partial charge on any atom is 0.141 e. The summed E-state index contributed by atoms with van der Waals surface area (Å²) in [6.45, 7) is 2.21. The van der Waals surface area contributed by atoms with E-state index in [9.17, 15) is 4.39 Å². The molecular formula is C14H13ClFNO. The van der Waals surface area contributed by atoms with Crippen molar-refractivity contribution in [2.75, 3.05) is 5.73 Å². The molecule has 0 fully saturated rings. The van der Waals surface area contributed by atoms with Crippen LogP contribution in [-0.4, -0.2) is 0 Å². The largest absolute Gasteiger partial charge is 0.489 e. The van der Waals surface area contributed by atoms with Crippen LogP contribution >= 0.6 is 11.6 Å². The van der Waals surface area contributed by atoms with Gasteiger partial charge in [-0.2, -0.15) is 0 Å². The molecule has 0 unspecified atom stereocenters. The second-order valence-electron chi connectivity index (χ2n) is 4.01. The van der Waals surface area contributed by atoms with E-state index in [0.717, 1.165) is 16.9 Å². The molecule has 0 radical (unpaired) electrons. The molecule has 2 N–H and O–H groups in total. The Balaban J connectivity index is 2.11. The van der Waals surface area contributed by atoms with Crippen molar-refractivity contribution in [3.8, 4) is 5.75 Å². The molecule has 2 nitrogen and oxygen atoms in total. The minimum atomic E-state index is -0.430. The fourth-order valence-corrected chi connectivity index (χ4v) is 1.78. The third-order valence-electron chi connectivity index (χ3n) is 2.70. The van der Waals surface area contributed by atoms with Crippen molar-refractivity contribution in [3.05, 3.63) is 58.4 Å². The van der Waals surface area contributed by atoms with Crippen LogP contribution in [0.1, 0.15) is 11.1 Å². The van der Waals surface area contributed by atoms with Gasteiger partial charge in [0.15, 0.2) is 0 Å². The van der Waals surface area contributed by atoms with Crippen LogP contribution in [0.15, 0.2) is 36.4 Å². The van der Waals surface area contributed by atoms with Gasteiger partial charge in [0, 0.05) is 11.3 Å². The first kappa shape index (κ1) is 12.7. The van der Waals surface area contributed by atoms with Gasteiger partial charge in [0.2, 0.25) is 0 Å². The van der Waals surface area contributed by atoms with E-state index in [1.165, 1.54) is 6.07 Å². The second kappa shape index (κ2) is 5.27. The lowest BCUT2D eigenvalue weighted by Gasteiger charge is -2.11. The molecule has 0 saturated heterocycles. The van der Waals surface area contributed by atoms with Crippen molar-refractivity contribution in [2.24, 2.45) is 0 Å². The highest BCUT2D eigenvalue weighted by Gasteiger charge is 2.04. The monoisotopic (exact) mass is 265 g/mol. The van der Waals surface area contributed by atoms with Gasteiger partial charge in [-0.25, -0.2) is 4.39 Å². The average molecular weight is 266 g/mol. The molecule has 0 amide bonds. The first-order valence-electron chi connectivity index (χ1n) is 5.50. The van der Waals surface area contributed by atoms with Crippen molar-refractivity contribution in [1.29, 1.82) is 0 Å². The van der Waals surface area contributed by atoms with Crippen LogP contribution in [0, 0.1) is 12.7 Å². The molecule has 0 saturated carbocycles. The van der Waals surface area contributed by atoms with E-state index in [1.807, 2.05) is 25.1 Å². The summed E-state index contributed by atoms with van der Waals surface area (Å²) in [5, 5.41) is 0.0976. The average Bonchev–Trinajstić information content (AvgIpc) is 2.35. The summed E-state index contributed by atoms with van der Waals surface area (Å²) in [7, 11) is 0. The highest BCUT2D eigenvalue weighted by atomic mass is 35.5. The van der Waals surface area contributed by atoms with Crippen molar-refractivity contribution in [3.63, 3.8) is 0 Å². The van der Waals surface area contributed by atoms with Gasteiger partial charge in [-0.15, -0.1) is 0 Å². The molecule has 0 aromatic heterocycles. The van der Waals surface area contributed by atoms with Gasteiger partial charge >= 0.3 is 0 Å². The molecule has 18 heavy (non-hydrogen) atoms. The Labute approximate surface area is 110 Å². The Morgan fingerprint density at radius 3 is 2.78 bits per heavy atom. The summed E-state index contributed by atoms with van der Waals surface area (Å²) in [5.41, 5.74) is 8.17. The van der Waals surface area contributed by atoms with E-state index in [4.69, 9.17) is 22.1 Å². The number of benzene rings is 2. The molecule has 0 atom stereocenters. The Morgan fingerprint density at radius 1 is 1.28 bits per heavy atom. The zero-order valence-electron chi connectivity index (χ0n) is 9.91. The first-order valence-corrected chi connectivity index (χ1v) is 5.87. The van der Waals surface area contributed by atoms with Gasteiger partial charge in [-0.1, -0.05) is 23.7 Å². The van der Waals surface area contributed by atoms with Gasteiger partial charge < -0.3 is 10.5 Å². The van der Waals surface area contributed by atoms with E-state index in [0.29, 0.717) is 12.3 Å². The molecular weight excluding hydrogens is 253 g/mol. The van der Waals surface area contributed by atoms with Crippen molar-refractivity contribution >= 4 is 17.3 Å². The highest BCUT2D eigenvalue weighted by molar-refractivity contribution is 6.30. The summed E-state index contributed by atoms with van der Waals surface area (Å²) in [6.07, 6.45) is 0. The molecule has 0 aliphatic carbocycles. The van der Waals surface area contributed by atoms with Crippen LogP contribution in [0.4, 0.5) is 10.1 Å². The number of halogens is 2. The normalized spacial score (nSPS) is 10.4. The molecule has 0 aliphatic heterocycles. The maximum atomic E-state index is 13.0. The standard InChI is InChI=1S/C14H13ClFNO/c1-9-13(17)3-2-4-14(9)18-8-10-5-6-12(16)11(15)7-10/h2-7H,8,17H2,1H3. The molecule has 0 spiro atoms. The van der Waals surface area contributed by atoms with Crippen LogP contribution in [0.25, 0.3) is 0 Å². The Morgan fingerprint density at radius 2 is 2.06 bits per heavy atom. The van der Waals surface area contributed by atoms with E-state index in [-0.39, 0.29) is 5.02 Å². The topological polar surface area (TPSA) is 35.2 Å². The SMILES string of the molecule is Cc1c(N)cccc1OCc1ccc(F)c(Cl)c1. The quantitative estimate of drug-likeness (QED) is 0.853. The van der Waals surface area contributed by atoms with Crippen LogP contribution < -0.4 is 10.5 Å². The van der Waals surface area contributed by atoms with E-state index >= 15 is 0 Å². The molecule has 0 heterocycles. The Kier molecular flexibility index (Phi) is 3.72. The first-order chi connectivity index (χ1) is 8.58. The predicted octanol–water partition coefficient (Wildman–Crippen LogP) is 3.95. The zero-order valence-corrected chi connectivity index (χ0v) is 10.7. The van der Waals surface area contributed by atoms with E-state index in [2.05, 4.69) is 0 Å². The van der Waals surface area contributed by atoms with Crippen molar-refractivity contribution < 1.29 is 9.13 Å². The lowest BCUT2D eigenvalue weighted by molar-refractivity contribution is 0.304. The summed E-state index contributed by atoms with van der Waals surface area (Å²) in [4.78, 5) is 0. The third kappa shape index (κ3) is 2.74. The van der Waals surface area contributed by atoms with Crippen molar-refractivity contribution in [1.82, 2.24) is 0 Å². The van der Waals surface area contributed by atoms with Crippen LogP contribution in [0.3, 0.4) is 0 Å². The minimum absolute atomic E-state index is 0.0976. The lowest BCUT2D eigenvalue weighted by Crippen LogP contribution is -1.99. The number of nitrogen functional groups attached to an aromatic ring is 1. The third-order valence-corrected chi connectivity index (χ3v) is 2.99. The summed E-state index contributed by atoms with van der Waals surface area (Å²) in [6, 6.07) is 10.0. The fraction of sp³-hybridized carbons (Fsp3) is 0.143. The smallest absolute Gasteiger partial charge is 0.141 e. The number of anilines is 1. The van der Waals surface area contributed by atoms with Gasteiger partial charge in [0.05, 0.1) is 5.02 Å². The molecule has 4 heteroatoms. The molecule has 94 valence electrons. The molecule has 2 aromatic rings. The van der Waals surface area contributed by atoms with Crippen LogP contribution in [0.5, 0.6) is 5.75 Å². The summed E-state index contributed by atoms with van der Waals surface area (Å²) < 4.78 is 18.6. The second-order valence-corrected chi connectivity index (χ2v) is 4.41. The van der Waals surface area contributed by atoms with Crippen LogP contribution in [0.2, 0.25) is 5.02 Å². The van der Waals surface area contributed by atoms with Crippen molar-refractivity contribution in [2.45, 2.75) is 13.5 Å². The van der Waals surface area contributed by atoms with Gasteiger partial charge in [-0.3, -0.25) is 0 Å². The van der Waals surface area contributed by atoms with Gasteiger partial charge in [-0.05, 0) is 36.8 Å². The predicted molar refractivity (Wildman–Crippen MR) is 71.3 cm³/mol. The van der Waals surface area contributed by atoms with Crippen LogP contribution in [-0.2, 0) is 6.61 Å². The highest BCUT2D eigenvalue weighted by Crippen LogP contribution is 2.24. The molecule has 0 aliphatic rings. The molecule has 2 rings (SSSR count). The summed E-state index contributed by atoms with van der Waals surface area (Å²) in [5.74, 6) is 0.288. The molecule has 2 aromatic carbocycles. The zero-order chi connectivity index (χ0) is 13.1. The maximum absolute atomic E-state index is 13.0. The number of hydrogen-bond donors (Lipinski definition) is 1. The number of rotatable bonds is 3. The fourth-order valence-electron chi connectivity index (χ4n) is 1.58. The Bertz CT molecular complexity index is 572. The van der Waals surface area contributed by atoms with E-state index in [1.54, 1.807) is 12.1 Å². The van der Waals surface area contributed by atoms with Gasteiger partial charge in [0.1, 0.15) is 18.2 Å². The molecule has 0 bridgehead atoms. The summed E-state index contributed by atoms with van der Waals surface area (Å²) >= 11 is 5.70. The van der Waals surface area contributed by atoms with E-state index < -0.39 is 5.82 Å².